The van der Waals surface area contributed by atoms with Gasteiger partial charge in [-0.05, 0) is 61.3 Å². The molecule has 3 heterocycles. The Balaban J connectivity index is 1.41. The van der Waals surface area contributed by atoms with Crippen molar-refractivity contribution in [2.75, 3.05) is 0 Å². The van der Waals surface area contributed by atoms with E-state index in [9.17, 15) is 14.9 Å². The largest absolute Gasteiger partial charge is 0.460 e. The van der Waals surface area contributed by atoms with E-state index in [1.165, 1.54) is 42.7 Å². The fourth-order valence-corrected chi connectivity index (χ4v) is 8.46. The number of thiazole rings is 1. The zero-order valence-corrected chi connectivity index (χ0v) is 17.0. The van der Waals surface area contributed by atoms with E-state index in [2.05, 4.69) is 4.98 Å². The maximum absolute atomic E-state index is 12.1. The van der Waals surface area contributed by atoms with Crippen LogP contribution in [0.5, 0.6) is 0 Å². The van der Waals surface area contributed by atoms with Gasteiger partial charge in [0.2, 0.25) is 0 Å². The van der Waals surface area contributed by atoms with Crippen molar-refractivity contribution < 1.29 is 9.34 Å². The average Bonchev–Trinajstić information content (AvgIpc) is 3.49. The molecule has 0 saturated heterocycles. The monoisotopic (exact) mass is 426 g/mol. The lowest BCUT2D eigenvalue weighted by Crippen LogP contribution is -2.33. The average molecular weight is 427 g/mol. The summed E-state index contributed by atoms with van der Waals surface area (Å²) in [5.41, 5.74) is 0.885. The number of aromatic nitrogens is 1. The lowest BCUT2D eigenvalue weighted by atomic mass is 9.77. The molecular weight excluding hydrogens is 408 g/mol. The maximum atomic E-state index is 12.1. The normalized spacial score (nSPS) is 29.6. The number of benzene rings is 1. The Hall–Kier alpha value is -2.32. The Labute approximate surface area is 174 Å². The molecule has 3 aromatic rings. The summed E-state index contributed by atoms with van der Waals surface area (Å²) in [6.07, 6.45) is 3.85. The van der Waals surface area contributed by atoms with Gasteiger partial charge in [-0.25, -0.2) is 0 Å². The molecule has 0 radical (unpaired) electrons. The van der Waals surface area contributed by atoms with Gasteiger partial charge in [0.25, 0.3) is 5.69 Å². The van der Waals surface area contributed by atoms with Crippen LogP contribution in [0.4, 0.5) is 5.69 Å². The van der Waals surface area contributed by atoms with Crippen LogP contribution in [-0.4, -0.2) is 15.2 Å². The summed E-state index contributed by atoms with van der Waals surface area (Å²) in [6.45, 7) is 0. The molecule has 0 unspecified atom stereocenters. The molecule has 3 aliphatic rings. The Morgan fingerprint density at radius 2 is 1.90 bits per heavy atom. The molecule has 8 heteroatoms. The first-order valence-electron chi connectivity index (χ1n) is 9.82. The third-order valence-electron chi connectivity index (χ3n) is 6.76. The van der Waals surface area contributed by atoms with Crippen LogP contribution < -0.4 is 4.87 Å². The molecule has 29 heavy (non-hydrogen) atoms. The van der Waals surface area contributed by atoms with Crippen molar-refractivity contribution in [1.82, 2.24) is 4.98 Å². The van der Waals surface area contributed by atoms with Crippen LogP contribution in [0, 0.1) is 27.9 Å². The fourth-order valence-electron chi connectivity index (χ4n) is 5.59. The minimum atomic E-state index is -0.401. The summed E-state index contributed by atoms with van der Waals surface area (Å²) in [4.78, 5) is 26.8. The van der Waals surface area contributed by atoms with E-state index in [4.69, 9.17) is 4.42 Å². The van der Waals surface area contributed by atoms with Crippen molar-refractivity contribution in [1.29, 1.82) is 0 Å². The number of H-pyrrole nitrogens is 1. The topological polar surface area (TPSA) is 89.1 Å². The lowest BCUT2D eigenvalue weighted by Gasteiger charge is -2.38. The van der Waals surface area contributed by atoms with Crippen LogP contribution in [0.3, 0.4) is 0 Å². The van der Waals surface area contributed by atoms with Crippen molar-refractivity contribution in [2.24, 2.45) is 17.8 Å². The van der Waals surface area contributed by atoms with E-state index in [1.807, 2.05) is 23.9 Å². The molecule has 6 rings (SSSR count). The molecule has 148 valence electrons. The van der Waals surface area contributed by atoms with Gasteiger partial charge < -0.3 is 9.40 Å². The molecule has 1 N–H and O–H groups in total. The number of non-ortho nitro benzene ring substituents is 1. The van der Waals surface area contributed by atoms with Crippen molar-refractivity contribution in [3.8, 4) is 11.3 Å². The maximum Gasteiger partial charge on any atom is 0.305 e. The Morgan fingerprint density at radius 1 is 1.10 bits per heavy atom. The minimum Gasteiger partial charge on any atom is -0.460 e. The van der Waals surface area contributed by atoms with Gasteiger partial charge in [0.15, 0.2) is 0 Å². The number of hydrogen-bond acceptors (Lipinski definition) is 6. The molecule has 0 spiro atoms. The number of thioether (sulfide) groups is 1. The van der Waals surface area contributed by atoms with Crippen LogP contribution in [-0.2, 0) is 0 Å². The molecule has 1 aliphatic heterocycles. The molecule has 2 bridgehead atoms. The molecular formula is C21H18N2O4S2. The van der Waals surface area contributed by atoms with E-state index < -0.39 is 4.92 Å². The first kappa shape index (κ1) is 17.5. The summed E-state index contributed by atoms with van der Waals surface area (Å²) >= 11 is 3.18. The summed E-state index contributed by atoms with van der Waals surface area (Å²) in [6, 6.07) is 10.4. The van der Waals surface area contributed by atoms with Crippen LogP contribution in [0.1, 0.15) is 35.8 Å². The number of hydrogen-bond donors (Lipinski definition) is 1. The van der Waals surface area contributed by atoms with Crippen molar-refractivity contribution in [3.63, 3.8) is 0 Å². The highest BCUT2D eigenvalue weighted by Gasteiger charge is 2.55. The Kier molecular flexibility index (Phi) is 3.83. The quantitative estimate of drug-likeness (QED) is 0.456. The van der Waals surface area contributed by atoms with Crippen molar-refractivity contribution in [2.45, 2.75) is 35.5 Å². The minimum absolute atomic E-state index is 0.00182. The molecule has 2 aliphatic carbocycles. The number of fused-ring (bicyclic) bond motifs is 6. The van der Waals surface area contributed by atoms with Crippen LogP contribution in [0.15, 0.2) is 50.6 Å². The zero-order valence-electron chi connectivity index (χ0n) is 15.4. The molecule has 6 nitrogen and oxygen atoms in total. The van der Waals surface area contributed by atoms with Crippen LogP contribution in [0.2, 0.25) is 0 Å². The highest BCUT2D eigenvalue weighted by atomic mass is 32.2. The molecule has 2 fully saturated rings. The van der Waals surface area contributed by atoms with Crippen LogP contribution >= 0.6 is 23.1 Å². The second-order valence-corrected chi connectivity index (χ2v) is 10.4. The van der Waals surface area contributed by atoms with Crippen molar-refractivity contribution in [3.05, 3.63) is 66.8 Å². The highest BCUT2D eigenvalue weighted by Crippen LogP contribution is 2.63. The summed E-state index contributed by atoms with van der Waals surface area (Å²) < 4.78 is 6.30. The first-order chi connectivity index (χ1) is 14.1. The predicted molar refractivity (Wildman–Crippen MR) is 112 cm³/mol. The Bertz CT molecular complexity index is 1160. The number of nitro benzene ring substituents is 1. The molecule has 0 amide bonds. The van der Waals surface area contributed by atoms with Gasteiger partial charge in [0, 0.05) is 22.9 Å². The van der Waals surface area contributed by atoms with E-state index in [-0.39, 0.29) is 16.5 Å². The summed E-state index contributed by atoms with van der Waals surface area (Å²) in [7, 11) is 0. The number of nitro groups is 1. The standard InChI is InChI=1S/C21H18N2O4S2/c24-21-22-20-19(29-21)17(16-11-1-2-12(9-11)18(16)28-20)15-8-7-14(27-15)10-3-5-13(6-4-10)23(25)26/h3-8,11-12,16-18H,1-2,9H2,(H,22,24)/t11-,12-,16-,17+,18-/m1/s1. The van der Waals surface area contributed by atoms with E-state index >= 15 is 0 Å². The van der Waals surface area contributed by atoms with E-state index in [1.54, 1.807) is 12.1 Å². The number of rotatable bonds is 3. The molecule has 5 atom stereocenters. The van der Waals surface area contributed by atoms with E-state index in [0.29, 0.717) is 22.8 Å². The lowest BCUT2D eigenvalue weighted by molar-refractivity contribution is -0.384. The number of aromatic amines is 1. The van der Waals surface area contributed by atoms with Gasteiger partial charge >= 0.3 is 4.87 Å². The van der Waals surface area contributed by atoms with Gasteiger partial charge in [0.1, 0.15) is 11.5 Å². The van der Waals surface area contributed by atoms with Gasteiger partial charge in [-0.2, -0.15) is 0 Å². The van der Waals surface area contributed by atoms with Crippen molar-refractivity contribution >= 4 is 28.8 Å². The fraction of sp³-hybridized carbons (Fsp3) is 0.381. The summed E-state index contributed by atoms with van der Waals surface area (Å²) in [5.74, 6) is 3.66. The first-order valence-corrected chi connectivity index (χ1v) is 11.5. The third-order valence-corrected chi connectivity index (χ3v) is 9.38. The second kappa shape index (κ2) is 6.34. The second-order valence-electron chi connectivity index (χ2n) is 8.18. The van der Waals surface area contributed by atoms with Gasteiger partial charge in [-0.3, -0.25) is 14.9 Å². The van der Waals surface area contributed by atoms with Gasteiger partial charge in [-0.1, -0.05) is 11.3 Å². The number of nitrogens with one attached hydrogen (secondary N) is 1. The van der Waals surface area contributed by atoms with Crippen LogP contribution in [0.25, 0.3) is 11.3 Å². The third kappa shape index (κ3) is 2.65. The smallest absolute Gasteiger partial charge is 0.305 e. The van der Waals surface area contributed by atoms with E-state index in [0.717, 1.165) is 27.1 Å². The molecule has 2 saturated carbocycles. The number of furan rings is 1. The Morgan fingerprint density at radius 3 is 2.69 bits per heavy atom. The summed E-state index contributed by atoms with van der Waals surface area (Å²) in [5, 5.41) is 12.5. The van der Waals surface area contributed by atoms with Gasteiger partial charge in [-0.15, -0.1) is 11.8 Å². The number of nitrogens with zero attached hydrogens (tertiary/aromatic N) is 1. The predicted octanol–water partition coefficient (Wildman–Crippen LogP) is 5.26. The van der Waals surface area contributed by atoms with Gasteiger partial charge in [0.05, 0.1) is 20.7 Å². The molecule has 1 aromatic carbocycles. The zero-order chi connectivity index (χ0) is 19.7. The SMILES string of the molecule is O=c1[nH]c2c(s1)[C@@H](c1ccc(-c3ccc([N+](=O)[O-])cc3)o1)[C@H]1[C@@H]3CC[C@H](C3)[C@H]1S2. The molecule has 2 aromatic heterocycles. The highest BCUT2D eigenvalue weighted by molar-refractivity contribution is 8.00.